The molecule has 1 amide bonds. The van der Waals surface area contributed by atoms with E-state index in [2.05, 4.69) is 10.4 Å². The summed E-state index contributed by atoms with van der Waals surface area (Å²) in [7, 11) is 0. The maximum absolute atomic E-state index is 12.9. The molecule has 1 saturated heterocycles. The normalized spacial score (nSPS) is 16.8. The fourth-order valence-corrected chi connectivity index (χ4v) is 3.86. The van der Waals surface area contributed by atoms with E-state index in [0.29, 0.717) is 18.5 Å². The smallest absolute Gasteiger partial charge is 0.226 e. The Kier molecular flexibility index (Phi) is 5.20. The number of halogens is 1. The van der Waals surface area contributed by atoms with Gasteiger partial charge in [0.1, 0.15) is 5.82 Å². The molecule has 1 aliphatic heterocycles. The molecule has 3 rings (SSSR count). The number of rotatable bonds is 5. The van der Waals surface area contributed by atoms with E-state index < -0.39 is 5.60 Å². The molecule has 0 aliphatic carbocycles. The van der Waals surface area contributed by atoms with E-state index >= 15 is 0 Å². The van der Waals surface area contributed by atoms with E-state index in [1.807, 2.05) is 11.8 Å². The van der Waals surface area contributed by atoms with Gasteiger partial charge in [0.25, 0.3) is 0 Å². The third-order valence-electron chi connectivity index (χ3n) is 4.12. The minimum Gasteiger partial charge on any atom is -0.388 e. The van der Waals surface area contributed by atoms with Gasteiger partial charge in [0.2, 0.25) is 5.91 Å². The molecule has 128 valence electrons. The van der Waals surface area contributed by atoms with Gasteiger partial charge in [-0.2, -0.15) is 16.9 Å². The summed E-state index contributed by atoms with van der Waals surface area (Å²) in [4.78, 5) is 12.1. The summed E-state index contributed by atoms with van der Waals surface area (Å²) in [5.41, 5.74) is 0.578. The third kappa shape index (κ3) is 4.36. The molecule has 0 radical (unpaired) electrons. The van der Waals surface area contributed by atoms with E-state index in [0.717, 1.165) is 17.2 Å². The molecule has 2 aromatic rings. The van der Waals surface area contributed by atoms with Crippen molar-refractivity contribution < 1.29 is 14.3 Å². The van der Waals surface area contributed by atoms with Crippen LogP contribution in [0.1, 0.15) is 18.5 Å². The van der Waals surface area contributed by atoms with Crippen LogP contribution in [0.3, 0.4) is 0 Å². The lowest BCUT2D eigenvalue weighted by Gasteiger charge is -2.31. The Morgan fingerprint density at radius 3 is 2.71 bits per heavy atom. The Morgan fingerprint density at radius 1 is 1.29 bits per heavy atom. The number of thioether (sulfide) groups is 1. The van der Waals surface area contributed by atoms with Gasteiger partial charge in [-0.25, -0.2) is 9.07 Å². The number of hydrogen-bond acceptors (Lipinski definition) is 4. The van der Waals surface area contributed by atoms with E-state index in [4.69, 9.17) is 0 Å². The van der Waals surface area contributed by atoms with Gasteiger partial charge < -0.3 is 10.4 Å². The standard InChI is InChI=1S/C17H20FN3O2S/c18-13-1-3-15(4-2-13)21-8-5-14(20-21)11-16(22)19-12-17(23)6-9-24-10-7-17/h1-5,8,23H,6-7,9-12H2,(H,19,22). The maximum Gasteiger partial charge on any atom is 0.226 e. The minimum absolute atomic E-state index is 0.152. The van der Waals surface area contributed by atoms with E-state index in [1.165, 1.54) is 12.1 Å². The summed E-state index contributed by atoms with van der Waals surface area (Å²) in [5.74, 6) is 1.39. The molecule has 1 aromatic heterocycles. The largest absolute Gasteiger partial charge is 0.388 e. The van der Waals surface area contributed by atoms with Crippen LogP contribution < -0.4 is 5.32 Å². The summed E-state index contributed by atoms with van der Waals surface area (Å²) in [6.07, 6.45) is 3.30. The topological polar surface area (TPSA) is 67.2 Å². The molecule has 0 unspecified atom stereocenters. The molecule has 0 bridgehead atoms. The highest BCUT2D eigenvalue weighted by Crippen LogP contribution is 2.26. The Labute approximate surface area is 144 Å². The van der Waals surface area contributed by atoms with Gasteiger partial charge in [-0.1, -0.05) is 0 Å². The highest BCUT2D eigenvalue weighted by molar-refractivity contribution is 7.99. The lowest BCUT2D eigenvalue weighted by molar-refractivity contribution is -0.121. The molecule has 0 atom stereocenters. The lowest BCUT2D eigenvalue weighted by Crippen LogP contribution is -2.45. The van der Waals surface area contributed by atoms with Crippen LogP contribution in [-0.4, -0.2) is 44.4 Å². The minimum atomic E-state index is -0.783. The van der Waals surface area contributed by atoms with Crippen LogP contribution in [0.5, 0.6) is 0 Å². The molecule has 0 spiro atoms. The van der Waals surface area contributed by atoms with Gasteiger partial charge in [0.15, 0.2) is 0 Å². The van der Waals surface area contributed by atoms with Gasteiger partial charge >= 0.3 is 0 Å². The summed E-state index contributed by atoms with van der Waals surface area (Å²) in [5, 5.41) is 17.5. The number of aliphatic hydroxyl groups is 1. The van der Waals surface area contributed by atoms with Crippen molar-refractivity contribution in [2.24, 2.45) is 0 Å². The predicted octanol–water partition coefficient (Wildman–Crippen LogP) is 1.93. The summed E-state index contributed by atoms with van der Waals surface area (Å²) in [6, 6.07) is 7.75. The van der Waals surface area contributed by atoms with Crippen molar-refractivity contribution in [2.75, 3.05) is 18.1 Å². The van der Waals surface area contributed by atoms with Crippen LogP contribution in [-0.2, 0) is 11.2 Å². The highest BCUT2D eigenvalue weighted by Gasteiger charge is 2.29. The molecular weight excluding hydrogens is 329 g/mol. The molecular formula is C17H20FN3O2S. The van der Waals surface area contributed by atoms with E-state index in [9.17, 15) is 14.3 Å². The van der Waals surface area contributed by atoms with Crippen LogP contribution >= 0.6 is 11.8 Å². The van der Waals surface area contributed by atoms with Gasteiger partial charge in [-0.3, -0.25) is 4.79 Å². The lowest BCUT2D eigenvalue weighted by atomic mass is 9.97. The van der Waals surface area contributed by atoms with Crippen molar-refractivity contribution in [1.82, 2.24) is 15.1 Å². The number of nitrogens with one attached hydrogen (secondary N) is 1. The number of benzene rings is 1. The maximum atomic E-state index is 12.9. The molecule has 24 heavy (non-hydrogen) atoms. The number of hydrogen-bond donors (Lipinski definition) is 2. The van der Waals surface area contributed by atoms with Crippen molar-refractivity contribution >= 4 is 17.7 Å². The Bertz CT molecular complexity index is 696. The van der Waals surface area contributed by atoms with Crippen molar-refractivity contribution in [3.8, 4) is 5.69 Å². The first kappa shape index (κ1) is 17.0. The van der Waals surface area contributed by atoms with Crippen molar-refractivity contribution in [1.29, 1.82) is 0 Å². The Hall–Kier alpha value is -1.86. The van der Waals surface area contributed by atoms with Crippen molar-refractivity contribution in [3.63, 3.8) is 0 Å². The number of amides is 1. The quantitative estimate of drug-likeness (QED) is 0.866. The second kappa shape index (κ2) is 7.36. The van der Waals surface area contributed by atoms with Crippen LogP contribution in [0.25, 0.3) is 5.69 Å². The second-order valence-corrected chi connectivity index (χ2v) is 7.24. The number of carbonyl (C=O) groups excluding carboxylic acids is 1. The van der Waals surface area contributed by atoms with E-state index in [1.54, 1.807) is 29.1 Å². The van der Waals surface area contributed by atoms with Crippen molar-refractivity contribution in [3.05, 3.63) is 48.0 Å². The molecule has 0 saturated carbocycles. The van der Waals surface area contributed by atoms with Crippen LogP contribution in [0, 0.1) is 5.82 Å². The average Bonchev–Trinajstić information content (AvgIpc) is 3.03. The SMILES string of the molecule is O=C(Cc1ccn(-c2ccc(F)cc2)n1)NCC1(O)CCSCC1. The summed E-state index contributed by atoms with van der Waals surface area (Å²) in [6.45, 7) is 0.283. The second-order valence-electron chi connectivity index (χ2n) is 6.02. The average molecular weight is 349 g/mol. The van der Waals surface area contributed by atoms with E-state index in [-0.39, 0.29) is 24.7 Å². The number of aromatic nitrogens is 2. The Morgan fingerprint density at radius 2 is 2.00 bits per heavy atom. The van der Waals surface area contributed by atoms with Crippen LogP contribution in [0.2, 0.25) is 0 Å². The molecule has 1 fully saturated rings. The number of carbonyl (C=O) groups is 1. The molecule has 1 aromatic carbocycles. The summed E-state index contributed by atoms with van der Waals surface area (Å²) >= 11 is 1.83. The first-order valence-corrected chi connectivity index (χ1v) is 9.07. The van der Waals surface area contributed by atoms with Crippen molar-refractivity contribution in [2.45, 2.75) is 24.9 Å². The predicted molar refractivity (Wildman–Crippen MR) is 91.7 cm³/mol. The van der Waals surface area contributed by atoms with Gasteiger partial charge in [-0.15, -0.1) is 0 Å². The first-order valence-electron chi connectivity index (χ1n) is 7.91. The number of nitrogens with zero attached hydrogens (tertiary/aromatic N) is 2. The zero-order valence-electron chi connectivity index (χ0n) is 13.2. The van der Waals surface area contributed by atoms with Gasteiger partial charge in [0, 0.05) is 12.7 Å². The van der Waals surface area contributed by atoms with Gasteiger partial charge in [0.05, 0.1) is 23.4 Å². The van der Waals surface area contributed by atoms with Crippen LogP contribution in [0.15, 0.2) is 36.5 Å². The first-order chi connectivity index (χ1) is 11.5. The zero-order valence-corrected chi connectivity index (χ0v) is 14.1. The molecule has 5 nitrogen and oxygen atoms in total. The fourth-order valence-electron chi connectivity index (χ4n) is 2.61. The highest BCUT2D eigenvalue weighted by atomic mass is 32.2. The zero-order chi connectivity index (χ0) is 17.0. The van der Waals surface area contributed by atoms with Crippen LogP contribution in [0.4, 0.5) is 4.39 Å². The molecule has 2 N–H and O–H groups in total. The summed E-state index contributed by atoms with van der Waals surface area (Å²) < 4.78 is 14.5. The fraction of sp³-hybridized carbons (Fsp3) is 0.412. The monoisotopic (exact) mass is 349 g/mol. The third-order valence-corrected chi connectivity index (χ3v) is 5.10. The molecule has 7 heteroatoms. The molecule has 1 aliphatic rings. The van der Waals surface area contributed by atoms with Gasteiger partial charge in [-0.05, 0) is 54.7 Å². The Balaban J connectivity index is 1.54. The molecule has 2 heterocycles.